The van der Waals surface area contributed by atoms with E-state index < -0.39 is 0 Å². The average molecular weight is 410 g/mol. The van der Waals surface area contributed by atoms with Gasteiger partial charge in [0.2, 0.25) is 0 Å². The molecule has 0 atom stereocenters. The number of nitrogens with one attached hydrogen (secondary N) is 1. The fraction of sp³-hybridized carbons (Fsp3) is 0.0952. The summed E-state index contributed by atoms with van der Waals surface area (Å²) in [5, 5.41) is 4.69. The van der Waals surface area contributed by atoms with Crippen molar-refractivity contribution in [1.29, 1.82) is 0 Å². The van der Waals surface area contributed by atoms with Gasteiger partial charge in [-0.3, -0.25) is 0 Å². The molecule has 0 unspecified atom stereocenters. The van der Waals surface area contributed by atoms with Gasteiger partial charge in [0.05, 0.1) is 5.39 Å². The van der Waals surface area contributed by atoms with E-state index in [1.807, 2.05) is 55.5 Å². The van der Waals surface area contributed by atoms with E-state index in [1.54, 1.807) is 6.07 Å². The quantitative estimate of drug-likeness (QED) is 0.425. The lowest BCUT2D eigenvalue weighted by molar-refractivity contribution is 0.0478. The number of ether oxygens (including phenoxy) is 1. The molecule has 2 aromatic heterocycles. The Bertz CT molecular complexity index is 1150. The Hall–Kier alpha value is -2.96. The van der Waals surface area contributed by atoms with E-state index in [2.05, 4.69) is 15.3 Å². The van der Waals surface area contributed by atoms with Crippen molar-refractivity contribution in [3.8, 4) is 0 Å². The zero-order valence-electron chi connectivity index (χ0n) is 15.0. The third kappa shape index (κ3) is 3.83. The number of hydrogen-bond acceptors (Lipinski definition) is 6. The largest absolute Gasteiger partial charge is 0.457 e. The van der Waals surface area contributed by atoms with Gasteiger partial charge in [-0.2, -0.15) is 0 Å². The summed E-state index contributed by atoms with van der Waals surface area (Å²) in [6.07, 6.45) is 1.48. The fourth-order valence-electron chi connectivity index (χ4n) is 2.85. The summed E-state index contributed by atoms with van der Waals surface area (Å²) in [5.41, 5.74) is 2.55. The van der Waals surface area contributed by atoms with Crippen LogP contribution in [0.2, 0.25) is 5.02 Å². The molecule has 4 aromatic rings. The Balaban J connectivity index is 1.62. The molecule has 2 aromatic carbocycles. The molecule has 5 nitrogen and oxygen atoms in total. The number of fused-ring (bicyclic) bond motifs is 1. The van der Waals surface area contributed by atoms with Crippen LogP contribution in [0.25, 0.3) is 10.2 Å². The van der Waals surface area contributed by atoms with Gasteiger partial charge < -0.3 is 10.1 Å². The molecule has 0 aliphatic heterocycles. The number of thiophene rings is 1. The summed E-state index contributed by atoms with van der Waals surface area (Å²) in [7, 11) is 0. The molecule has 0 saturated carbocycles. The van der Waals surface area contributed by atoms with Crippen molar-refractivity contribution < 1.29 is 9.53 Å². The standard InChI is InChI=1S/C21H16ClN3O2S/c1-13-17-19(25-16-9-5-8-15(22)10-16)23-12-24-20(17)28-18(13)21(26)27-11-14-6-3-2-4-7-14/h2-10,12H,11H2,1H3,(H,23,24,25). The van der Waals surface area contributed by atoms with Gasteiger partial charge in [-0.05, 0) is 36.2 Å². The molecule has 140 valence electrons. The van der Waals surface area contributed by atoms with Crippen LogP contribution >= 0.6 is 22.9 Å². The van der Waals surface area contributed by atoms with Crippen molar-refractivity contribution in [2.24, 2.45) is 0 Å². The van der Waals surface area contributed by atoms with Crippen molar-refractivity contribution in [3.63, 3.8) is 0 Å². The lowest BCUT2D eigenvalue weighted by Gasteiger charge is -2.08. The van der Waals surface area contributed by atoms with Crippen LogP contribution in [0.5, 0.6) is 0 Å². The Morgan fingerprint density at radius 3 is 2.75 bits per heavy atom. The number of anilines is 2. The summed E-state index contributed by atoms with van der Waals surface area (Å²) in [6, 6.07) is 17.0. The summed E-state index contributed by atoms with van der Waals surface area (Å²) < 4.78 is 5.48. The molecule has 2 heterocycles. The minimum atomic E-state index is -0.363. The molecule has 0 fully saturated rings. The third-order valence-corrected chi connectivity index (χ3v) is 5.63. The van der Waals surface area contributed by atoms with Gasteiger partial charge in [0, 0.05) is 10.7 Å². The second kappa shape index (κ2) is 7.96. The number of hydrogen-bond donors (Lipinski definition) is 1. The smallest absolute Gasteiger partial charge is 0.349 e. The molecule has 0 amide bonds. The Labute approximate surface area is 171 Å². The molecule has 4 rings (SSSR count). The molecular weight excluding hydrogens is 394 g/mol. The number of halogens is 1. The molecule has 7 heteroatoms. The highest BCUT2D eigenvalue weighted by molar-refractivity contribution is 7.20. The van der Waals surface area contributed by atoms with E-state index in [4.69, 9.17) is 16.3 Å². The number of esters is 1. The highest BCUT2D eigenvalue weighted by atomic mass is 35.5. The molecule has 0 saturated heterocycles. The molecule has 1 N–H and O–H groups in total. The molecular formula is C21H16ClN3O2S. The predicted octanol–water partition coefficient (Wildman–Crippen LogP) is 5.75. The molecule has 0 bridgehead atoms. The number of carbonyl (C=O) groups is 1. The predicted molar refractivity (Wildman–Crippen MR) is 112 cm³/mol. The van der Waals surface area contributed by atoms with Gasteiger partial charge in [-0.15, -0.1) is 11.3 Å². The van der Waals surface area contributed by atoms with Crippen molar-refractivity contribution in [1.82, 2.24) is 9.97 Å². The molecule has 0 aliphatic carbocycles. The van der Waals surface area contributed by atoms with Crippen molar-refractivity contribution in [2.75, 3.05) is 5.32 Å². The first-order chi connectivity index (χ1) is 13.6. The zero-order chi connectivity index (χ0) is 19.5. The van der Waals surface area contributed by atoms with Crippen LogP contribution in [0.15, 0.2) is 60.9 Å². The first-order valence-electron chi connectivity index (χ1n) is 8.59. The zero-order valence-corrected chi connectivity index (χ0v) is 16.6. The fourth-order valence-corrected chi connectivity index (χ4v) is 4.09. The average Bonchev–Trinajstić information content (AvgIpc) is 3.05. The minimum Gasteiger partial charge on any atom is -0.457 e. The number of rotatable bonds is 5. The van der Waals surface area contributed by atoms with Crippen LogP contribution in [0, 0.1) is 6.92 Å². The van der Waals surface area contributed by atoms with Crippen LogP contribution in [-0.2, 0) is 11.3 Å². The second-order valence-corrected chi connectivity index (χ2v) is 7.59. The maximum atomic E-state index is 12.6. The van der Waals surface area contributed by atoms with Crippen molar-refractivity contribution in [2.45, 2.75) is 13.5 Å². The van der Waals surface area contributed by atoms with Crippen LogP contribution in [-0.4, -0.2) is 15.9 Å². The van der Waals surface area contributed by atoms with Crippen LogP contribution < -0.4 is 5.32 Å². The van der Waals surface area contributed by atoms with Gasteiger partial charge >= 0.3 is 5.97 Å². The second-order valence-electron chi connectivity index (χ2n) is 6.16. The first-order valence-corrected chi connectivity index (χ1v) is 9.79. The monoisotopic (exact) mass is 409 g/mol. The van der Waals surface area contributed by atoms with E-state index >= 15 is 0 Å². The van der Waals surface area contributed by atoms with Gasteiger partial charge in [0.25, 0.3) is 0 Å². The molecule has 0 radical (unpaired) electrons. The Morgan fingerprint density at radius 1 is 1.14 bits per heavy atom. The van der Waals surface area contributed by atoms with E-state index in [1.165, 1.54) is 17.7 Å². The van der Waals surface area contributed by atoms with Gasteiger partial charge in [-0.25, -0.2) is 14.8 Å². The first kappa shape index (κ1) is 18.4. The topological polar surface area (TPSA) is 64.1 Å². The number of benzene rings is 2. The van der Waals surface area contributed by atoms with E-state index in [0.29, 0.717) is 15.7 Å². The van der Waals surface area contributed by atoms with Crippen LogP contribution in [0.3, 0.4) is 0 Å². The lowest BCUT2D eigenvalue weighted by atomic mass is 10.2. The van der Waals surface area contributed by atoms with Crippen LogP contribution in [0.1, 0.15) is 20.8 Å². The maximum absolute atomic E-state index is 12.6. The summed E-state index contributed by atoms with van der Waals surface area (Å²) in [5.74, 6) is 0.265. The van der Waals surface area contributed by atoms with E-state index in [-0.39, 0.29) is 12.6 Å². The Kier molecular flexibility index (Phi) is 5.23. The van der Waals surface area contributed by atoms with E-state index in [9.17, 15) is 4.79 Å². The highest BCUT2D eigenvalue weighted by Gasteiger charge is 2.20. The molecule has 28 heavy (non-hydrogen) atoms. The van der Waals surface area contributed by atoms with Gasteiger partial charge in [-0.1, -0.05) is 48.0 Å². The van der Waals surface area contributed by atoms with Crippen molar-refractivity contribution >= 4 is 50.6 Å². The van der Waals surface area contributed by atoms with Crippen LogP contribution in [0.4, 0.5) is 11.5 Å². The van der Waals surface area contributed by atoms with Gasteiger partial charge in [0.1, 0.15) is 28.5 Å². The van der Waals surface area contributed by atoms with Gasteiger partial charge in [0.15, 0.2) is 0 Å². The summed E-state index contributed by atoms with van der Waals surface area (Å²) >= 11 is 7.36. The maximum Gasteiger partial charge on any atom is 0.349 e. The number of aryl methyl sites for hydroxylation is 1. The van der Waals surface area contributed by atoms with E-state index in [0.717, 1.165) is 27.0 Å². The number of nitrogens with zero attached hydrogens (tertiary/aromatic N) is 2. The highest BCUT2D eigenvalue weighted by Crippen LogP contribution is 2.35. The normalized spacial score (nSPS) is 10.8. The summed E-state index contributed by atoms with van der Waals surface area (Å²) in [6.45, 7) is 2.11. The lowest BCUT2D eigenvalue weighted by Crippen LogP contribution is -2.04. The third-order valence-electron chi connectivity index (χ3n) is 4.21. The molecule has 0 aliphatic rings. The van der Waals surface area contributed by atoms with Crippen molar-refractivity contribution in [3.05, 3.63) is 82.0 Å². The summed E-state index contributed by atoms with van der Waals surface area (Å²) in [4.78, 5) is 22.5. The SMILES string of the molecule is Cc1c(C(=O)OCc2ccccc2)sc2ncnc(Nc3cccc(Cl)c3)c12. The Morgan fingerprint density at radius 2 is 1.96 bits per heavy atom. The minimum absolute atomic E-state index is 0.229. The molecule has 0 spiro atoms. The number of carbonyl (C=O) groups excluding carboxylic acids is 1. The number of aromatic nitrogens is 2.